The van der Waals surface area contributed by atoms with Crippen molar-refractivity contribution in [3.63, 3.8) is 0 Å². The number of hydrogen-bond donors (Lipinski definition) is 1. The van der Waals surface area contributed by atoms with Crippen molar-refractivity contribution in [2.24, 2.45) is 5.41 Å². The molecule has 1 heterocycles. The summed E-state index contributed by atoms with van der Waals surface area (Å²) in [5.74, 6) is -0.343. The van der Waals surface area contributed by atoms with E-state index in [9.17, 15) is 18.0 Å². The third-order valence-electron chi connectivity index (χ3n) is 4.22. The molecular formula is C14H25F3N2O. The second kappa shape index (κ2) is 6.78. The fraction of sp³-hybridized carbons (Fsp3) is 0.929. The molecule has 0 radical (unpaired) electrons. The third kappa shape index (κ3) is 4.36. The minimum absolute atomic E-state index is 0.337. The quantitative estimate of drug-likeness (QED) is 0.845. The molecule has 0 aliphatic carbocycles. The molecule has 0 atom stereocenters. The van der Waals surface area contributed by atoms with Crippen molar-refractivity contribution in [1.29, 1.82) is 0 Å². The molecule has 1 N–H and O–H groups in total. The number of hydrogen-bond acceptors (Lipinski definition) is 2. The molecule has 1 aliphatic rings. The van der Waals surface area contributed by atoms with Crippen molar-refractivity contribution in [1.82, 2.24) is 10.2 Å². The Morgan fingerprint density at radius 3 is 2.15 bits per heavy atom. The van der Waals surface area contributed by atoms with Crippen LogP contribution in [-0.2, 0) is 4.79 Å². The molecule has 0 aromatic rings. The minimum Gasteiger partial charge on any atom is -0.330 e. The summed E-state index contributed by atoms with van der Waals surface area (Å²) in [5, 5.41) is 3.15. The SMILES string of the molecule is CCC(CC)N(CC(F)(F)F)C(=O)C1(C)CCNCC1. The zero-order chi connectivity index (χ0) is 15.4. The molecule has 118 valence electrons. The summed E-state index contributed by atoms with van der Waals surface area (Å²) in [7, 11) is 0. The van der Waals surface area contributed by atoms with Crippen molar-refractivity contribution in [2.45, 2.75) is 58.7 Å². The van der Waals surface area contributed by atoms with Crippen LogP contribution in [-0.4, -0.2) is 42.7 Å². The lowest BCUT2D eigenvalue weighted by molar-refractivity contribution is -0.173. The highest BCUT2D eigenvalue weighted by Crippen LogP contribution is 2.33. The van der Waals surface area contributed by atoms with Gasteiger partial charge in [0, 0.05) is 11.5 Å². The van der Waals surface area contributed by atoms with Gasteiger partial charge in [-0.1, -0.05) is 20.8 Å². The van der Waals surface area contributed by atoms with Crippen molar-refractivity contribution >= 4 is 5.91 Å². The minimum atomic E-state index is -4.35. The molecule has 6 heteroatoms. The van der Waals surface area contributed by atoms with E-state index >= 15 is 0 Å². The largest absolute Gasteiger partial charge is 0.406 e. The summed E-state index contributed by atoms with van der Waals surface area (Å²) >= 11 is 0. The number of halogens is 3. The standard InChI is InChI=1S/C14H25F3N2O/c1-4-11(5-2)19(10-14(15,16)17)12(20)13(3)6-8-18-9-7-13/h11,18H,4-10H2,1-3H3. The number of carbonyl (C=O) groups excluding carboxylic acids is 1. The molecule has 0 unspecified atom stereocenters. The van der Waals surface area contributed by atoms with E-state index in [4.69, 9.17) is 0 Å². The molecule has 0 aromatic carbocycles. The van der Waals surface area contributed by atoms with Crippen LogP contribution in [0, 0.1) is 5.41 Å². The Bertz CT molecular complexity index is 321. The number of amides is 1. The van der Waals surface area contributed by atoms with Crippen LogP contribution in [0.5, 0.6) is 0 Å². The van der Waals surface area contributed by atoms with Crippen LogP contribution in [0.4, 0.5) is 13.2 Å². The summed E-state index contributed by atoms with van der Waals surface area (Å²) in [5.41, 5.74) is -0.668. The van der Waals surface area contributed by atoms with Crippen LogP contribution in [0.3, 0.4) is 0 Å². The van der Waals surface area contributed by atoms with E-state index in [1.54, 1.807) is 6.92 Å². The maximum absolute atomic E-state index is 12.8. The second-order valence-electron chi connectivity index (χ2n) is 5.83. The molecule has 20 heavy (non-hydrogen) atoms. The van der Waals surface area contributed by atoms with Gasteiger partial charge in [0.05, 0.1) is 0 Å². The van der Waals surface area contributed by atoms with Gasteiger partial charge in [-0.05, 0) is 38.8 Å². The van der Waals surface area contributed by atoms with Crippen molar-refractivity contribution in [3.05, 3.63) is 0 Å². The highest BCUT2D eigenvalue weighted by Gasteiger charge is 2.43. The molecule has 1 saturated heterocycles. The zero-order valence-corrected chi connectivity index (χ0v) is 12.5. The van der Waals surface area contributed by atoms with Crippen LogP contribution in [0.2, 0.25) is 0 Å². The van der Waals surface area contributed by atoms with Gasteiger partial charge >= 0.3 is 6.18 Å². The number of alkyl halides is 3. The first kappa shape index (κ1) is 17.3. The highest BCUT2D eigenvalue weighted by atomic mass is 19.4. The van der Waals surface area contributed by atoms with Gasteiger partial charge in [-0.3, -0.25) is 4.79 Å². The molecule has 1 rings (SSSR count). The van der Waals surface area contributed by atoms with Crippen molar-refractivity contribution in [3.8, 4) is 0 Å². The molecule has 1 amide bonds. The predicted molar refractivity (Wildman–Crippen MR) is 72.3 cm³/mol. The van der Waals surface area contributed by atoms with Crippen LogP contribution in [0.1, 0.15) is 46.5 Å². The first-order valence-electron chi connectivity index (χ1n) is 7.32. The monoisotopic (exact) mass is 294 g/mol. The average molecular weight is 294 g/mol. The molecule has 0 spiro atoms. The molecule has 0 saturated carbocycles. The van der Waals surface area contributed by atoms with Gasteiger partial charge in [-0.25, -0.2) is 0 Å². The summed E-state index contributed by atoms with van der Waals surface area (Å²) in [6.45, 7) is 5.68. The van der Waals surface area contributed by atoms with E-state index in [0.29, 0.717) is 38.8 Å². The van der Waals surface area contributed by atoms with E-state index in [0.717, 1.165) is 4.90 Å². The highest BCUT2D eigenvalue weighted by molar-refractivity contribution is 5.83. The number of carbonyl (C=O) groups is 1. The lowest BCUT2D eigenvalue weighted by atomic mass is 9.79. The van der Waals surface area contributed by atoms with E-state index in [1.807, 2.05) is 13.8 Å². The lowest BCUT2D eigenvalue weighted by Gasteiger charge is -2.40. The van der Waals surface area contributed by atoms with E-state index < -0.39 is 18.1 Å². The predicted octanol–water partition coefficient (Wildman–Crippen LogP) is 2.96. The Balaban J connectivity index is 2.93. The Morgan fingerprint density at radius 1 is 1.25 bits per heavy atom. The fourth-order valence-electron chi connectivity index (χ4n) is 2.83. The van der Waals surface area contributed by atoms with Gasteiger partial charge < -0.3 is 10.2 Å². The second-order valence-corrected chi connectivity index (χ2v) is 5.83. The summed E-state index contributed by atoms with van der Waals surface area (Å²) < 4.78 is 38.4. The number of piperidine rings is 1. The number of rotatable bonds is 5. The first-order chi connectivity index (χ1) is 9.23. The van der Waals surface area contributed by atoms with Gasteiger partial charge in [0.2, 0.25) is 5.91 Å². The normalized spacial score (nSPS) is 19.1. The summed E-state index contributed by atoms with van der Waals surface area (Å²) in [6, 6.07) is -0.337. The van der Waals surface area contributed by atoms with E-state index in [-0.39, 0.29) is 11.9 Å². The average Bonchev–Trinajstić information content (AvgIpc) is 2.37. The lowest BCUT2D eigenvalue weighted by Crippen LogP contribution is -2.53. The molecule has 1 aliphatic heterocycles. The van der Waals surface area contributed by atoms with Crippen molar-refractivity contribution < 1.29 is 18.0 Å². The van der Waals surface area contributed by atoms with E-state index in [2.05, 4.69) is 5.32 Å². The van der Waals surface area contributed by atoms with Gasteiger partial charge in [0.25, 0.3) is 0 Å². The van der Waals surface area contributed by atoms with Gasteiger partial charge in [-0.15, -0.1) is 0 Å². The Morgan fingerprint density at radius 2 is 1.75 bits per heavy atom. The van der Waals surface area contributed by atoms with Crippen LogP contribution < -0.4 is 5.32 Å². The van der Waals surface area contributed by atoms with Crippen molar-refractivity contribution in [2.75, 3.05) is 19.6 Å². The van der Waals surface area contributed by atoms with Gasteiger partial charge in [0.1, 0.15) is 6.54 Å². The molecule has 3 nitrogen and oxygen atoms in total. The fourth-order valence-corrected chi connectivity index (χ4v) is 2.83. The first-order valence-corrected chi connectivity index (χ1v) is 7.32. The van der Waals surface area contributed by atoms with Gasteiger partial charge in [0.15, 0.2) is 0 Å². The number of nitrogens with zero attached hydrogens (tertiary/aromatic N) is 1. The molecule has 1 fully saturated rings. The topological polar surface area (TPSA) is 32.3 Å². The summed E-state index contributed by atoms with van der Waals surface area (Å²) in [6.07, 6.45) is -2.05. The Labute approximate surface area is 118 Å². The summed E-state index contributed by atoms with van der Waals surface area (Å²) in [4.78, 5) is 13.7. The number of nitrogens with one attached hydrogen (secondary N) is 1. The van der Waals surface area contributed by atoms with E-state index in [1.165, 1.54) is 0 Å². The van der Waals surface area contributed by atoms with Crippen LogP contribution in [0.25, 0.3) is 0 Å². The molecule has 0 aromatic heterocycles. The van der Waals surface area contributed by atoms with Crippen LogP contribution in [0.15, 0.2) is 0 Å². The molecule has 0 bridgehead atoms. The smallest absolute Gasteiger partial charge is 0.330 e. The Kier molecular flexibility index (Phi) is 5.86. The van der Waals surface area contributed by atoms with Crippen LogP contribution >= 0.6 is 0 Å². The maximum Gasteiger partial charge on any atom is 0.406 e. The Hall–Kier alpha value is -0.780. The third-order valence-corrected chi connectivity index (χ3v) is 4.22. The zero-order valence-electron chi connectivity index (χ0n) is 12.5. The molecular weight excluding hydrogens is 269 g/mol. The van der Waals surface area contributed by atoms with Gasteiger partial charge in [-0.2, -0.15) is 13.2 Å². The maximum atomic E-state index is 12.8.